The molecule has 2 atom stereocenters. The molecule has 1 aliphatic carbocycles. The van der Waals surface area contributed by atoms with Gasteiger partial charge in [-0.25, -0.2) is 0 Å². The van der Waals surface area contributed by atoms with Crippen LogP contribution in [-0.4, -0.2) is 10.7 Å². The van der Waals surface area contributed by atoms with Crippen LogP contribution < -0.4 is 0 Å². The molecule has 1 heteroatoms. The Morgan fingerprint density at radius 2 is 1.75 bits per heavy atom. The minimum Gasteiger partial charge on any atom is -0.389 e. The molecule has 0 saturated heterocycles. The Balaban J connectivity index is 2.33. The van der Waals surface area contributed by atoms with Crippen LogP contribution in [0.3, 0.4) is 0 Å². The fourth-order valence-corrected chi connectivity index (χ4v) is 4.11. The average Bonchev–Trinajstić information content (AvgIpc) is 2.33. The first kappa shape index (κ1) is 15.6. The smallest absolute Gasteiger partial charge is 0.0721 e. The topological polar surface area (TPSA) is 20.2 Å². The van der Waals surface area contributed by atoms with Crippen LogP contribution in [-0.2, 0) is 6.42 Å². The molecule has 2 unspecified atom stereocenters. The molecule has 1 aromatic carbocycles. The minimum absolute atomic E-state index is 0.172. The molecule has 0 aliphatic heterocycles. The van der Waals surface area contributed by atoms with Crippen molar-refractivity contribution in [2.45, 2.75) is 72.3 Å². The molecule has 0 amide bonds. The van der Waals surface area contributed by atoms with Gasteiger partial charge in [-0.3, -0.25) is 0 Å². The van der Waals surface area contributed by atoms with Crippen LogP contribution in [0.1, 0.15) is 63.1 Å². The Labute approximate surface area is 124 Å². The average molecular weight is 274 g/mol. The van der Waals surface area contributed by atoms with Crippen molar-refractivity contribution in [3.05, 3.63) is 34.9 Å². The largest absolute Gasteiger partial charge is 0.389 e. The van der Waals surface area contributed by atoms with E-state index in [1.54, 1.807) is 0 Å². The van der Waals surface area contributed by atoms with Crippen LogP contribution in [0.4, 0.5) is 0 Å². The van der Waals surface area contributed by atoms with Gasteiger partial charge >= 0.3 is 0 Å². The van der Waals surface area contributed by atoms with Gasteiger partial charge in [0, 0.05) is 6.42 Å². The van der Waals surface area contributed by atoms with E-state index >= 15 is 0 Å². The molecular formula is C19H30O. The number of hydrogen-bond donors (Lipinski definition) is 1. The molecule has 1 fully saturated rings. The van der Waals surface area contributed by atoms with Crippen molar-refractivity contribution in [1.82, 2.24) is 0 Å². The van der Waals surface area contributed by atoms with Gasteiger partial charge in [-0.15, -0.1) is 0 Å². The number of rotatable bonds is 2. The van der Waals surface area contributed by atoms with E-state index < -0.39 is 5.60 Å². The molecule has 1 N–H and O–H groups in total. The monoisotopic (exact) mass is 274 g/mol. The molecule has 0 aromatic heterocycles. The Morgan fingerprint density at radius 3 is 2.30 bits per heavy atom. The van der Waals surface area contributed by atoms with E-state index in [9.17, 15) is 5.11 Å². The summed E-state index contributed by atoms with van der Waals surface area (Å²) in [5, 5.41) is 11.4. The summed E-state index contributed by atoms with van der Waals surface area (Å²) in [4.78, 5) is 0. The van der Waals surface area contributed by atoms with Gasteiger partial charge in [-0.1, -0.05) is 51.8 Å². The zero-order valence-electron chi connectivity index (χ0n) is 13.8. The maximum atomic E-state index is 11.4. The highest BCUT2D eigenvalue weighted by Crippen LogP contribution is 2.46. The summed E-state index contributed by atoms with van der Waals surface area (Å²) >= 11 is 0. The van der Waals surface area contributed by atoms with Gasteiger partial charge in [0.2, 0.25) is 0 Å². The van der Waals surface area contributed by atoms with Crippen LogP contribution in [0, 0.1) is 25.2 Å². The van der Waals surface area contributed by atoms with Gasteiger partial charge in [-0.2, -0.15) is 0 Å². The van der Waals surface area contributed by atoms with Gasteiger partial charge < -0.3 is 5.11 Å². The van der Waals surface area contributed by atoms with Crippen molar-refractivity contribution in [2.24, 2.45) is 11.3 Å². The highest BCUT2D eigenvalue weighted by Gasteiger charge is 2.44. The van der Waals surface area contributed by atoms with Gasteiger partial charge in [-0.05, 0) is 54.7 Å². The molecular weight excluding hydrogens is 244 g/mol. The van der Waals surface area contributed by atoms with E-state index in [0.717, 1.165) is 25.7 Å². The van der Waals surface area contributed by atoms with E-state index in [1.165, 1.54) is 23.1 Å². The van der Waals surface area contributed by atoms with E-state index in [2.05, 4.69) is 52.8 Å². The van der Waals surface area contributed by atoms with E-state index in [-0.39, 0.29) is 5.41 Å². The minimum atomic E-state index is -0.534. The molecule has 112 valence electrons. The molecule has 0 spiro atoms. The maximum absolute atomic E-state index is 11.4. The van der Waals surface area contributed by atoms with Crippen molar-refractivity contribution in [3.8, 4) is 0 Å². The second-order valence-corrected chi connectivity index (χ2v) is 7.82. The lowest BCUT2D eigenvalue weighted by atomic mass is 9.62. The third kappa shape index (κ3) is 3.09. The summed E-state index contributed by atoms with van der Waals surface area (Å²) < 4.78 is 0. The van der Waals surface area contributed by atoms with Gasteiger partial charge in [0.15, 0.2) is 0 Å². The van der Waals surface area contributed by atoms with Gasteiger partial charge in [0.25, 0.3) is 0 Å². The lowest BCUT2D eigenvalue weighted by Gasteiger charge is -2.47. The third-order valence-corrected chi connectivity index (χ3v) is 5.17. The fourth-order valence-electron chi connectivity index (χ4n) is 4.11. The van der Waals surface area contributed by atoms with Crippen LogP contribution in [0.5, 0.6) is 0 Å². The molecule has 0 radical (unpaired) electrons. The SMILES string of the molecule is Cc1cccc(C)c1CC1(O)CCCCC1C(C)(C)C. The highest BCUT2D eigenvalue weighted by atomic mass is 16.3. The molecule has 20 heavy (non-hydrogen) atoms. The summed E-state index contributed by atoms with van der Waals surface area (Å²) in [6, 6.07) is 6.45. The summed E-state index contributed by atoms with van der Waals surface area (Å²) in [7, 11) is 0. The molecule has 1 saturated carbocycles. The lowest BCUT2D eigenvalue weighted by Crippen LogP contribution is -2.48. The summed E-state index contributed by atoms with van der Waals surface area (Å²) in [6.07, 6.45) is 5.34. The summed E-state index contributed by atoms with van der Waals surface area (Å²) in [6.45, 7) is 11.2. The van der Waals surface area contributed by atoms with Gasteiger partial charge in [0.05, 0.1) is 5.60 Å². The predicted molar refractivity (Wildman–Crippen MR) is 86.0 cm³/mol. The molecule has 1 aliphatic rings. The Hall–Kier alpha value is -0.820. The first-order valence-corrected chi connectivity index (χ1v) is 8.01. The Morgan fingerprint density at radius 1 is 1.15 bits per heavy atom. The number of aryl methyl sites for hydroxylation is 2. The van der Waals surface area contributed by atoms with Crippen LogP contribution in [0.25, 0.3) is 0 Å². The zero-order chi connectivity index (χ0) is 15.0. The van der Waals surface area contributed by atoms with Crippen molar-refractivity contribution in [3.63, 3.8) is 0 Å². The van der Waals surface area contributed by atoms with E-state index in [4.69, 9.17) is 0 Å². The van der Waals surface area contributed by atoms with Gasteiger partial charge in [0.1, 0.15) is 0 Å². The molecule has 0 heterocycles. The Kier molecular flexibility index (Phi) is 4.30. The summed E-state index contributed by atoms with van der Waals surface area (Å²) in [5.74, 6) is 0.391. The fraction of sp³-hybridized carbons (Fsp3) is 0.684. The normalized spacial score (nSPS) is 27.6. The predicted octanol–water partition coefficient (Wildman–Crippen LogP) is 4.81. The number of benzene rings is 1. The lowest BCUT2D eigenvalue weighted by molar-refractivity contribution is -0.0890. The van der Waals surface area contributed by atoms with E-state index in [1.807, 2.05) is 0 Å². The standard InChI is InChI=1S/C19H30O/c1-14-9-8-10-15(2)16(14)13-19(20)12-7-6-11-17(19)18(3,4)5/h8-10,17,20H,6-7,11-13H2,1-5H3. The molecule has 0 bridgehead atoms. The molecule has 1 nitrogen and oxygen atoms in total. The van der Waals surface area contributed by atoms with Crippen molar-refractivity contribution >= 4 is 0 Å². The summed E-state index contributed by atoms with van der Waals surface area (Å²) in [5.41, 5.74) is 3.62. The first-order valence-electron chi connectivity index (χ1n) is 8.01. The highest BCUT2D eigenvalue weighted by molar-refractivity contribution is 5.35. The number of hydrogen-bond acceptors (Lipinski definition) is 1. The van der Waals surface area contributed by atoms with Crippen LogP contribution in [0.15, 0.2) is 18.2 Å². The zero-order valence-corrected chi connectivity index (χ0v) is 13.8. The van der Waals surface area contributed by atoms with Crippen molar-refractivity contribution < 1.29 is 5.11 Å². The quantitative estimate of drug-likeness (QED) is 0.820. The van der Waals surface area contributed by atoms with Crippen molar-refractivity contribution in [1.29, 1.82) is 0 Å². The van der Waals surface area contributed by atoms with E-state index in [0.29, 0.717) is 5.92 Å². The maximum Gasteiger partial charge on any atom is 0.0721 e. The van der Waals surface area contributed by atoms with Crippen molar-refractivity contribution in [2.75, 3.05) is 0 Å². The second-order valence-electron chi connectivity index (χ2n) is 7.82. The number of aliphatic hydroxyl groups is 1. The first-order chi connectivity index (χ1) is 9.24. The Bertz CT molecular complexity index is 449. The van der Waals surface area contributed by atoms with Crippen LogP contribution >= 0.6 is 0 Å². The van der Waals surface area contributed by atoms with Crippen LogP contribution in [0.2, 0.25) is 0 Å². The molecule has 1 aromatic rings. The second kappa shape index (κ2) is 5.52. The third-order valence-electron chi connectivity index (χ3n) is 5.17. The molecule has 2 rings (SSSR count).